The van der Waals surface area contributed by atoms with E-state index in [4.69, 9.17) is 0 Å². The second-order valence-electron chi connectivity index (χ2n) is 6.06. The first-order valence-corrected chi connectivity index (χ1v) is 7.80. The van der Waals surface area contributed by atoms with Crippen molar-refractivity contribution in [2.75, 3.05) is 32.7 Å². The van der Waals surface area contributed by atoms with Crippen LogP contribution in [0.5, 0.6) is 0 Å². The lowest BCUT2D eigenvalue weighted by molar-refractivity contribution is -0.152. The SMILES string of the molecule is CCN1CCCC2(CCN(C(=O)CNC(C)=O)CC2)C1=O. The zero-order valence-corrected chi connectivity index (χ0v) is 13.0. The van der Waals surface area contributed by atoms with Crippen molar-refractivity contribution in [3.8, 4) is 0 Å². The summed E-state index contributed by atoms with van der Waals surface area (Å²) in [5.41, 5.74) is -0.251. The summed E-state index contributed by atoms with van der Waals surface area (Å²) in [7, 11) is 0. The van der Waals surface area contributed by atoms with Crippen molar-refractivity contribution in [2.24, 2.45) is 5.41 Å². The predicted molar refractivity (Wildman–Crippen MR) is 78.4 cm³/mol. The third kappa shape index (κ3) is 3.36. The molecule has 0 radical (unpaired) electrons. The molecule has 0 bridgehead atoms. The quantitative estimate of drug-likeness (QED) is 0.818. The van der Waals surface area contributed by atoms with E-state index in [1.165, 1.54) is 6.92 Å². The molecular weight excluding hydrogens is 270 g/mol. The summed E-state index contributed by atoms with van der Waals surface area (Å²) < 4.78 is 0. The Bertz CT molecular complexity index is 428. The van der Waals surface area contributed by atoms with E-state index in [1.54, 1.807) is 4.90 Å². The Morgan fingerprint density at radius 1 is 1.19 bits per heavy atom. The summed E-state index contributed by atoms with van der Waals surface area (Å²) in [6.45, 7) is 6.33. The molecule has 3 amide bonds. The summed E-state index contributed by atoms with van der Waals surface area (Å²) in [6, 6.07) is 0. The van der Waals surface area contributed by atoms with Gasteiger partial charge >= 0.3 is 0 Å². The zero-order chi connectivity index (χ0) is 15.5. The standard InChI is InChI=1S/C15H25N3O3/c1-3-17-8-4-5-15(14(17)21)6-9-18(10-7-15)13(20)11-16-12(2)19/h3-11H2,1-2H3,(H,16,19). The maximum absolute atomic E-state index is 12.6. The first-order valence-electron chi connectivity index (χ1n) is 7.80. The van der Waals surface area contributed by atoms with E-state index in [2.05, 4.69) is 5.32 Å². The molecule has 6 nitrogen and oxygen atoms in total. The molecule has 2 aliphatic rings. The van der Waals surface area contributed by atoms with Crippen molar-refractivity contribution in [1.29, 1.82) is 0 Å². The molecule has 6 heteroatoms. The van der Waals surface area contributed by atoms with Gasteiger partial charge in [-0.1, -0.05) is 0 Å². The van der Waals surface area contributed by atoms with Gasteiger partial charge in [0.05, 0.1) is 12.0 Å². The van der Waals surface area contributed by atoms with Crippen LogP contribution in [0.4, 0.5) is 0 Å². The largest absolute Gasteiger partial charge is 0.347 e. The number of piperidine rings is 2. The number of hydrogen-bond acceptors (Lipinski definition) is 3. The fraction of sp³-hybridized carbons (Fsp3) is 0.800. The van der Waals surface area contributed by atoms with Gasteiger partial charge in [-0.25, -0.2) is 0 Å². The number of nitrogens with zero attached hydrogens (tertiary/aromatic N) is 2. The lowest BCUT2D eigenvalue weighted by Gasteiger charge is -2.46. The smallest absolute Gasteiger partial charge is 0.241 e. The van der Waals surface area contributed by atoms with Crippen LogP contribution in [0.15, 0.2) is 0 Å². The Morgan fingerprint density at radius 2 is 1.86 bits per heavy atom. The van der Waals surface area contributed by atoms with Gasteiger partial charge in [-0.15, -0.1) is 0 Å². The minimum absolute atomic E-state index is 0.0529. The van der Waals surface area contributed by atoms with Gasteiger partial charge in [0.1, 0.15) is 0 Å². The molecule has 2 saturated heterocycles. The minimum Gasteiger partial charge on any atom is -0.347 e. The Labute approximate surface area is 125 Å². The molecule has 0 aromatic heterocycles. The van der Waals surface area contributed by atoms with E-state index in [1.807, 2.05) is 11.8 Å². The lowest BCUT2D eigenvalue weighted by atomic mass is 9.71. The van der Waals surface area contributed by atoms with E-state index >= 15 is 0 Å². The highest BCUT2D eigenvalue weighted by Gasteiger charge is 2.45. The molecule has 0 aliphatic carbocycles. The number of carbonyl (C=O) groups is 3. The third-order valence-electron chi connectivity index (χ3n) is 4.77. The monoisotopic (exact) mass is 295 g/mol. The molecule has 0 atom stereocenters. The fourth-order valence-corrected chi connectivity index (χ4v) is 3.41. The van der Waals surface area contributed by atoms with Crippen molar-refractivity contribution >= 4 is 17.7 Å². The molecule has 2 fully saturated rings. The average Bonchev–Trinajstić information content (AvgIpc) is 2.48. The number of amides is 3. The van der Waals surface area contributed by atoms with Crippen molar-refractivity contribution < 1.29 is 14.4 Å². The molecule has 21 heavy (non-hydrogen) atoms. The van der Waals surface area contributed by atoms with Gasteiger partial charge in [0.2, 0.25) is 17.7 Å². The maximum atomic E-state index is 12.6. The first kappa shape index (κ1) is 15.8. The Kier molecular flexibility index (Phi) is 4.85. The van der Waals surface area contributed by atoms with Gasteiger partial charge in [0.25, 0.3) is 0 Å². The number of nitrogens with one attached hydrogen (secondary N) is 1. The molecule has 2 aliphatic heterocycles. The van der Waals surface area contributed by atoms with Gasteiger partial charge < -0.3 is 15.1 Å². The van der Waals surface area contributed by atoms with E-state index in [9.17, 15) is 14.4 Å². The molecule has 1 N–H and O–H groups in total. The van der Waals surface area contributed by atoms with Crippen LogP contribution in [0, 0.1) is 5.41 Å². The van der Waals surface area contributed by atoms with Crippen molar-refractivity contribution in [2.45, 2.75) is 39.5 Å². The van der Waals surface area contributed by atoms with Crippen molar-refractivity contribution in [3.63, 3.8) is 0 Å². The van der Waals surface area contributed by atoms with Crippen LogP contribution in [-0.4, -0.2) is 60.2 Å². The summed E-state index contributed by atoms with van der Waals surface area (Å²) in [4.78, 5) is 39.1. The van der Waals surface area contributed by atoms with E-state index < -0.39 is 0 Å². The molecule has 2 heterocycles. The zero-order valence-electron chi connectivity index (χ0n) is 13.0. The highest BCUT2D eigenvalue weighted by molar-refractivity contribution is 5.85. The van der Waals surface area contributed by atoms with Gasteiger partial charge in [0, 0.05) is 33.1 Å². The fourth-order valence-electron chi connectivity index (χ4n) is 3.41. The lowest BCUT2D eigenvalue weighted by Crippen LogP contribution is -2.55. The molecule has 118 valence electrons. The second kappa shape index (κ2) is 6.45. The van der Waals surface area contributed by atoms with Crippen LogP contribution >= 0.6 is 0 Å². The summed E-state index contributed by atoms with van der Waals surface area (Å²) in [5.74, 6) is 0.0127. The van der Waals surface area contributed by atoms with Gasteiger partial charge in [-0.05, 0) is 32.6 Å². The molecule has 0 aromatic rings. The predicted octanol–water partition coefficient (Wildman–Crippen LogP) is 0.374. The number of hydrogen-bond donors (Lipinski definition) is 1. The molecular formula is C15H25N3O3. The normalized spacial score (nSPS) is 21.5. The van der Waals surface area contributed by atoms with Crippen LogP contribution in [0.3, 0.4) is 0 Å². The highest BCUT2D eigenvalue weighted by Crippen LogP contribution is 2.40. The van der Waals surface area contributed by atoms with Crippen LogP contribution in [-0.2, 0) is 14.4 Å². The van der Waals surface area contributed by atoms with E-state index in [0.717, 1.165) is 38.8 Å². The van der Waals surface area contributed by atoms with Gasteiger partial charge in [-0.2, -0.15) is 0 Å². The van der Waals surface area contributed by atoms with Crippen LogP contribution in [0.1, 0.15) is 39.5 Å². The Hall–Kier alpha value is -1.59. The van der Waals surface area contributed by atoms with Crippen LogP contribution < -0.4 is 5.32 Å². The van der Waals surface area contributed by atoms with Crippen molar-refractivity contribution in [3.05, 3.63) is 0 Å². The molecule has 2 rings (SSSR count). The second-order valence-corrected chi connectivity index (χ2v) is 6.06. The van der Waals surface area contributed by atoms with Crippen LogP contribution in [0.25, 0.3) is 0 Å². The number of carbonyl (C=O) groups excluding carboxylic acids is 3. The Morgan fingerprint density at radius 3 is 2.43 bits per heavy atom. The van der Waals surface area contributed by atoms with Crippen molar-refractivity contribution in [1.82, 2.24) is 15.1 Å². The molecule has 1 spiro atoms. The van der Waals surface area contributed by atoms with Gasteiger partial charge in [0.15, 0.2) is 0 Å². The van der Waals surface area contributed by atoms with E-state index in [0.29, 0.717) is 13.1 Å². The Balaban J connectivity index is 1.91. The summed E-state index contributed by atoms with van der Waals surface area (Å²) >= 11 is 0. The minimum atomic E-state index is -0.251. The molecule has 0 aromatic carbocycles. The molecule has 0 unspecified atom stereocenters. The topological polar surface area (TPSA) is 69.7 Å². The summed E-state index contributed by atoms with van der Waals surface area (Å²) in [5, 5.41) is 2.53. The maximum Gasteiger partial charge on any atom is 0.241 e. The molecule has 0 saturated carbocycles. The van der Waals surface area contributed by atoms with E-state index in [-0.39, 0.29) is 29.7 Å². The summed E-state index contributed by atoms with van der Waals surface area (Å²) in [6.07, 6.45) is 3.48. The van der Waals surface area contributed by atoms with Gasteiger partial charge in [-0.3, -0.25) is 14.4 Å². The number of likely N-dealkylation sites (tertiary alicyclic amines) is 2. The van der Waals surface area contributed by atoms with Crippen LogP contribution in [0.2, 0.25) is 0 Å². The first-order chi connectivity index (χ1) is 9.98. The third-order valence-corrected chi connectivity index (χ3v) is 4.77. The highest BCUT2D eigenvalue weighted by atomic mass is 16.2. The average molecular weight is 295 g/mol. The number of rotatable bonds is 3.